The third kappa shape index (κ3) is 4.91. The Balaban J connectivity index is 2.73. The predicted molar refractivity (Wildman–Crippen MR) is 82.0 cm³/mol. The van der Waals surface area contributed by atoms with Crippen molar-refractivity contribution in [3.05, 3.63) is 33.3 Å². The summed E-state index contributed by atoms with van der Waals surface area (Å²) in [6, 6.07) is 5.64. The fraction of sp³-hybridized carbons (Fsp3) is 0.600. The summed E-state index contributed by atoms with van der Waals surface area (Å²) in [7, 11) is 0. The Kier molecular flexibility index (Phi) is 5.28. The van der Waals surface area contributed by atoms with Crippen molar-refractivity contribution in [1.29, 1.82) is 0 Å². The predicted octanol–water partition coefficient (Wildman–Crippen LogP) is 5.53. The van der Waals surface area contributed by atoms with E-state index >= 15 is 0 Å². The van der Waals surface area contributed by atoms with Gasteiger partial charge in [0.05, 0.1) is 5.60 Å². The van der Waals surface area contributed by atoms with Crippen LogP contribution < -0.4 is 0 Å². The minimum atomic E-state index is -0.858. The van der Waals surface area contributed by atoms with Crippen LogP contribution >= 0.6 is 27.5 Å². The monoisotopic (exact) mass is 332 g/mol. The second kappa shape index (κ2) is 5.94. The first kappa shape index (κ1) is 16.0. The standard InChI is InChI=1S/C15H22BrClO/c1-14(2,3)8-5-9-15(4,18)12-7-6-11(16)10-13(12)17/h6-7,10,18H,5,8-9H2,1-4H3. The van der Waals surface area contributed by atoms with Crippen LogP contribution in [0.3, 0.4) is 0 Å². The number of rotatable bonds is 4. The molecule has 0 aromatic heterocycles. The molecule has 1 atom stereocenters. The van der Waals surface area contributed by atoms with Crippen LogP contribution in [0.2, 0.25) is 5.02 Å². The smallest absolute Gasteiger partial charge is 0.0882 e. The number of aliphatic hydroxyl groups is 1. The fourth-order valence-corrected chi connectivity index (χ4v) is 2.90. The molecule has 0 saturated heterocycles. The molecule has 0 spiro atoms. The Morgan fingerprint density at radius 2 is 1.78 bits per heavy atom. The Labute approximate surface area is 124 Å². The fourth-order valence-electron chi connectivity index (χ4n) is 2.02. The zero-order valence-corrected chi connectivity index (χ0v) is 13.9. The molecule has 0 aliphatic carbocycles. The molecule has 0 saturated carbocycles. The molecule has 3 heteroatoms. The molecule has 0 fully saturated rings. The quantitative estimate of drug-likeness (QED) is 0.768. The van der Waals surface area contributed by atoms with Crippen molar-refractivity contribution in [2.24, 2.45) is 5.41 Å². The summed E-state index contributed by atoms with van der Waals surface area (Å²) in [6.45, 7) is 8.49. The van der Waals surface area contributed by atoms with E-state index in [1.54, 1.807) is 0 Å². The van der Waals surface area contributed by atoms with E-state index < -0.39 is 5.60 Å². The van der Waals surface area contributed by atoms with E-state index in [0.29, 0.717) is 10.4 Å². The second-order valence-electron chi connectivity index (χ2n) is 6.31. The van der Waals surface area contributed by atoms with Crippen molar-refractivity contribution >= 4 is 27.5 Å². The topological polar surface area (TPSA) is 20.2 Å². The van der Waals surface area contributed by atoms with Crippen molar-refractivity contribution in [3.8, 4) is 0 Å². The van der Waals surface area contributed by atoms with Crippen LogP contribution in [0, 0.1) is 5.41 Å². The third-order valence-electron chi connectivity index (χ3n) is 3.10. The molecule has 1 N–H and O–H groups in total. The molecule has 1 aromatic carbocycles. The molecule has 0 heterocycles. The average molecular weight is 334 g/mol. The Bertz CT molecular complexity index is 407. The summed E-state index contributed by atoms with van der Waals surface area (Å²) in [5.41, 5.74) is 0.254. The molecular weight excluding hydrogens is 312 g/mol. The molecule has 0 radical (unpaired) electrons. The van der Waals surface area contributed by atoms with Crippen molar-refractivity contribution in [2.75, 3.05) is 0 Å². The summed E-state index contributed by atoms with van der Waals surface area (Å²) in [6.07, 6.45) is 2.81. The first-order valence-corrected chi connectivity index (χ1v) is 7.47. The summed E-state index contributed by atoms with van der Waals surface area (Å²) >= 11 is 9.57. The lowest BCUT2D eigenvalue weighted by Crippen LogP contribution is -2.22. The normalized spacial score (nSPS) is 15.5. The van der Waals surface area contributed by atoms with Gasteiger partial charge in [-0.25, -0.2) is 0 Å². The van der Waals surface area contributed by atoms with Gasteiger partial charge in [0.1, 0.15) is 0 Å². The summed E-state index contributed by atoms with van der Waals surface area (Å²) in [4.78, 5) is 0. The van der Waals surface area contributed by atoms with E-state index in [4.69, 9.17) is 11.6 Å². The van der Waals surface area contributed by atoms with Gasteiger partial charge in [0.15, 0.2) is 0 Å². The highest BCUT2D eigenvalue weighted by atomic mass is 79.9. The molecule has 1 nitrogen and oxygen atoms in total. The number of hydrogen-bond donors (Lipinski definition) is 1. The van der Waals surface area contributed by atoms with Gasteiger partial charge in [0, 0.05) is 15.1 Å². The van der Waals surface area contributed by atoms with Gasteiger partial charge in [-0.3, -0.25) is 0 Å². The third-order valence-corrected chi connectivity index (χ3v) is 3.91. The van der Waals surface area contributed by atoms with E-state index in [1.807, 2.05) is 25.1 Å². The first-order valence-electron chi connectivity index (χ1n) is 6.30. The molecule has 0 aliphatic heterocycles. The minimum Gasteiger partial charge on any atom is -0.385 e. The lowest BCUT2D eigenvalue weighted by Gasteiger charge is -2.27. The summed E-state index contributed by atoms with van der Waals surface area (Å²) in [5, 5.41) is 11.2. The SMILES string of the molecule is CC(C)(C)CCCC(C)(O)c1ccc(Br)cc1Cl. The largest absolute Gasteiger partial charge is 0.385 e. The van der Waals surface area contributed by atoms with Crippen molar-refractivity contribution < 1.29 is 5.11 Å². The van der Waals surface area contributed by atoms with Crippen molar-refractivity contribution in [3.63, 3.8) is 0 Å². The van der Waals surface area contributed by atoms with Crippen LogP contribution in [0.25, 0.3) is 0 Å². The van der Waals surface area contributed by atoms with E-state index in [-0.39, 0.29) is 0 Å². The van der Waals surface area contributed by atoms with E-state index in [0.717, 1.165) is 29.3 Å². The molecule has 0 amide bonds. The van der Waals surface area contributed by atoms with Crippen LogP contribution in [0.5, 0.6) is 0 Å². The molecular formula is C15H22BrClO. The zero-order chi connectivity index (χ0) is 14.0. The molecule has 1 rings (SSSR count). The zero-order valence-electron chi connectivity index (χ0n) is 11.6. The van der Waals surface area contributed by atoms with E-state index in [1.165, 1.54) is 0 Å². The van der Waals surface area contributed by atoms with E-state index in [9.17, 15) is 5.11 Å². The van der Waals surface area contributed by atoms with Crippen LogP contribution in [0.1, 0.15) is 52.5 Å². The maximum absolute atomic E-state index is 10.6. The highest BCUT2D eigenvalue weighted by Gasteiger charge is 2.26. The van der Waals surface area contributed by atoms with Gasteiger partial charge in [-0.15, -0.1) is 0 Å². The molecule has 1 unspecified atom stereocenters. The highest BCUT2D eigenvalue weighted by Crippen LogP contribution is 2.35. The lowest BCUT2D eigenvalue weighted by molar-refractivity contribution is 0.0425. The Morgan fingerprint density at radius 1 is 1.17 bits per heavy atom. The van der Waals surface area contributed by atoms with Crippen LogP contribution in [0.15, 0.2) is 22.7 Å². The second-order valence-corrected chi connectivity index (χ2v) is 7.64. The number of benzene rings is 1. The van der Waals surface area contributed by atoms with Crippen LogP contribution in [-0.4, -0.2) is 5.11 Å². The van der Waals surface area contributed by atoms with Gasteiger partial charge in [-0.1, -0.05) is 54.4 Å². The molecule has 18 heavy (non-hydrogen) atoms. The van der Waals surface area contributed by atoms with E-state index in [2.05, 4.69) is 36.7 Å². The maximum Gasteiger partial charge on any atom is 0.0882 e. The maximum atomic E-state index is 10.6. The molecule has 0 aliphatic rings. The van der Waals surface area contributed by atoms with Crippen LogP contribution in [0.4, 0.5) is 0 Å². The molecule has 102 valence electrons. The molecule has 1 aromatic rings. The molecule has 0 bridgehead atoms. The van der Waals surface area contributed by atoms with Crippen LogP contribution in [-0.2, 0) is 5.60 Å². The van der Waals surface area contributed by atoms with Gasteiger partial charge in [0.2, 0.25) is 0 Å². The lowest BCUT2D eigenvalue weighted by atomic mass is 9.84. The highest BCUT2D eigenvalue weighted by molar-refractivity contribution is 9.10. The van der Waals surface area contributed by atoms with Gasteiger partial charge < -0.3 is 5.11 Å². The Hall–Kier alpha value is -0.0500. The number of halogens is 2. The average Bonchev–Trinajstić information content (AvgIpc) is 2.13. The van der Waals surface area contributed by atoms with Crippen molar-refractivity contribution in [2.45, 2.75) is 52.6 Å². The Morgan fingerprint density at radius 3 is 2.28 bits per heavy atom. The number of hydrogen-bond acceptors (Lipinski definition) is 1. The van der Waals surface area contributed by atoms with Gasteiger partial charge in [-0.2, -0.15) is 0 Å². The summed E-state index contributed by atoms with van der Waals surface area (Å²) < 4.78 is 0.932. The van der Waals surface area contributed by atoms with Gasteiger partial charge in [0.25, 0.3) is 0 Å². The summed E-state index contributed by atoms with van der Waals surface area (Å²) in [5.74, 6) is 0. The first-order chi connectivity index (χ1) is 8.12. The van der Waals surface area contributed by atoms with Gasteiger partial charge in [-0.05, 0) is 43.7 Å². The minimum absolute atomic E-state index is 0.305. The van der Waals surface area contributed by atoms with Crippen molar-refractivity contribution in [1.82, 2.24) is 0 Å². The van der Waals surface area contributed by atoms with Gasteiger partial charge >= 0.3 is 0 Å².